The number of carbonyl (C=O) groups excluding carboxylic acids is 1. The molecule has 16 heavy (non-hydrogen) atoms. The lowest BCUT2D eigenvalue weighted by molar-refractivity contribution is -0.128. The second-order valence-electron chi connectivity index (χ2n) is 4.99. The van der Waals surface area contributed by atoms with Crippen molar-refractivity contribution in [2.24, 2.45) is 5.41 Å². The lowest BCUT2D eigenvalue weighted by atomic mass is 9.96. The van der Waals surface area contributed by atoms with E-state index in [0.29, 0.717) is 0 Å². The van der Waals surface area contributed by atoms with Crippen molar-refractivity contribution in [3.63, 3.8) is 0 Å². The first-order valence-electron chi connectivity index (χ1n) is 5.59. The lowest BCUT2D eigenvalue weighted by Crippen LogP contribution is -2.35. The molecule has 0 aliphatic rings. The molecule has 0 unspecified atom stereocenters. The highest BCUT2D eigenvalue weighted by molar-refractivity contribution is 7.09. The summed E-state index contributed by atoms with van der Waals surface area (Å²) in [7, 11) is 0. The Balaban J connectivity index is 2.20. The summed E-state index contributed by atoms with van der Waals surface area (Å²) < 4.78 is 0. The van der Waals surface area contributed by atoms with Crippen LogP contribution in [0.25, 0.3) is 0 Å². The predicted molar refractivity (Wildman–Crippen MR) is 67.6 cm³/mol. The van der Waals surface area contributed by atoms with Crippen molar-refractivity contribution in [1.29, 1.82) is 0 Å². The fraction of sp³-hybridized carbons (Fsp3) is 0.667. The van der Waals surface area contributed by atoms with Crippen molar-refractivity contribution in [3.8, 4) is 0 Å². The molecular weight excluding hydrogens is 220 g/mol. The summed E-state index contributed by atoms with van der Waals surface area (Å²) >= 11 is 1.69. The number of carbonyl (C=O) groups is 1. The largest absolute Gasteiger partial charge is 0.356 e. The van der Waals surface area contributed by atoms with Crippen LogP contribution in [0.4, 0.5) is 0 Å². The van der Waals surface area contributed by atoms with Crippen molar-refractivity contribution in [2.75, 3.05) is 6.54 Å². The van der Waals surface area contributed by atoms with E-state index >= 15 is 0 Å². The van der Waals surface area contributed by atoms with Gasteiger partial charge in [-0.2, -0.15) is 0 Å². The molecule has 90 valence electrons. The molecule has 0 saturated heterocycles. The van der Waals surface area contributed by atoms with Crippen LogP contribution in [0.1, 0.15) is 37.9 Å². The number of hydrogen-bond donors (Lipinski definition) is 1. The van der Waals surface area contributed by atoms with Crippen molar-refractivity contribution >= 4 is 17.2 Å². The van der Waals surface area contributed by atoms with E-state index in [9.17, 15) is 4.79 Å². The zero-order valence-electron chi connectivity index (χ0n) is 10.5. The molecule has 0 bridgehead atoms. The van der Waals surface area contributed by atoms with Gasteiger partial charge in [0.05, 0.1) is 5.01 Å². The van der Waals surface area contributed by atoms with Crippen LogP contribution in [0.5, 0.6) is 0 Å². The number of aromatic nitrogens is 1. The van der Waals surface area contributed by atoms with E-state index < -0.39 is 0 Å². The molecule has 4 heteroatoms. The highest BCUT2D eigenvalue weighted by Gasteiger charge is 2.20. The van der Waals surface area contributed by atoms with Gasteiger partial charge in [-0.3, -0.25) is 4.79 Å². The van der Waals surface area contributed by atoms with E-state index in [4.69, 9.17) is 0 Å². The Hall–Kier alpha value is -0.900. The summed E-state index contributed by atoms with van der Waals surface area (Å²) in [5.41, 5.74) is 0.788. The number of rotatable bonds is 4. The van der Waals surface area contributed by atoms with Gasteiger partial charge >= 0.3 is 0 Å². The van der Waals surface area contributed by atoms with Gasteiger partial charge in [-0.25, -0.2) is 4.98 Å². The summed E-state index contributed by atoms with van der Waals surface area (Å²) in [4.78, 5) is 15.9. The number of hydrogen-bond acceptors (Lipinski definition) is 3. The third kappa shape index (κ3) is 4.31. The highest BCUT2D eigenvalue weighted by Crippen LogP contribution is 2.13. The van der Waals surface area contributed by atoms with Crippen LogP contribution in [0.2, 0.25) is 0 Å². The molecule has 0 radical (unpaired) electrons. The molecule has 1 N–H and O–H groups in total. The van der Waals surface area contributed by atoms with E-state index in [2.05, 4.69) is 15.7 Å². The van der Waals surface area contributed by atoms with E-state index in [1.165, 1.54) is 0 Å². The van der Waals surface area contributed by atoms with Gasteiger partial charge in [0.15, 0.2) is 0 Å². The van der Waals surface area contributed by atoms with Crippen LogP contribution >= 0.6 is 11.3 Å². The molecule has 1 rings (SSSR count). The van der Waals surface area contributed by atoms with E-state index in [1.54, 1.807) is 11.3 Å². The van der Waals surface area contributed by atoms with E-state index in [1.807, 2.05) is 27.7 Å². The second kappa shape index (κ2) is 5.43. The molecule has 3 nitrogen and oxygen atoms in total. The molecule has 0 aliphatic carbocycles. The zero-order valence-corrected chi connectivity index (χ0v) is 11.3. The Labute approximate surface area is 101 Å². The van der Waals surface area contributed by atoms with Gasteiger partial charge < -0.3 is 5.32 Å². The molecule has 0 aromatic carbocycles. The Morgan fingerprint density at radius 1 is 1.50 bits per heavy atom. The third-order valence-electron chi connectivity index (χ3n) is 2.20. The lowest BCUT2D eigenvalue weighted by Gasteiger charge is -2.17. The van der Waals surface area contributed by atoms with Gasteiger partial charge in [0, 0.05) is 29.5 Å². The molecule has 1 aromatic heterocycles. The highest BCUT2D eigenvalue weighted by atomic mass is 32.1. The molecule has 0 fully saturated rings. The molecular formula is C12H20N2OS. The average Bonchev–Trinajstić information content (AvgIpc) is 2.57. The number of thiazole rings is 1. The van der Waals surface area contributed by atoms with Crippen molar-refractivity contribution in [1.82, 2.24) is 10.3 Å². The fourth-order valence-corrected chi connectivity index (χ4v) is 2.04. The molecule has 1 amide bonds. The van der Waals surface area contributed by atoms with Crippen LogP contribution in [0.3, 0.4) is 0 Å². The van der Waals surface area contributed by atoms with Gasteiger partial charge in [-0.15, -0.1) is 11.3 Å². The minimum absolute atomic E-state index is 0.114. The Bertz CT molecular complexity index is 352. The minimum Gasteiger partial charge on any atom is -0.356 e. The van der Waals surface area contributed by atoms with Crippen LogP contribution in [-0.2, 0) is 11.2 Å². The normalized spacial score (nSPS) is 11.5. The Morgan fingerprint density at radius 2 is 2.19 bits per heavy atom. The standard InChI is InChI=1S/C12H20N2OS/c1-9-8-16-10(14-9)6-5-7-13-11(15)12(2,3)4/h8H,5-7H2,1-4H3,(H,13,15). The van der Waals surface area contributed by atoms with Gasteiger partial charge in [-0.1, -0.05) is 20.8 Å². The van der Waals surface area contributed by atoms with Crippen LogP contribution in [0.15, 0.2) is 5.38 Å². The third-order valence-corrected chi connectivity index (χ3v) is 3.23. The van der Waals surface area contributed by atoms with Crippen LogP contribution in [0, 0.1) is 12.3 Å². The molecule has 0 spiro atoms. The smallest absolute Gasteiger partial charge is 0.225 e. The van der Waals surface area contributed by atoms with Crippen molar-refractivity contribution in [3.05, 3.63) is 16.1 Å². The average molecular weight is 240 g/mol. The van der Waals surface area contributed by atoms with Crippen molar-refractivity contribution in [2.45, 2.75) is 40.5 Å². The first-order valence-corrected chi connectivity index (χ1v) is 6.47. The summed E-state index contributed by atoms with van der Waals surface area (Å²) in [6.45, 7) is 8.50. The van der Waals surface area contributed by atoms with Gasteiger partial charge in [0.2, 0.25) is 5.91 Å². The summed E-state index contributed by atoms with van der Waals surface area (Å²) in [6.07, 6.45) is 1.90. The summed E-state index contributed by atoms with van der Waals surface area (Å²) in [6, 6.07) is 0. The van der Waals surface area contributed by atoms with E-state index in [-0.39, 0.29) is 11.3 Å². The fourth-order valence-electron chi connectivity index (χ4n) is 1.22. The number of nitrogens with zero attached hydrogens (tertiary/aromatic N) is 1. The topological polar surface area (TPSA) is 42.0 Å². The molecule has 0 aliphatic heterocycles. The van der Waals surface area contributed by atoms with Gasteiger partial charge in [0.25, 0.3) is 0 Å². The monoisotopic (exact) mass is 240 g/mol. The number of aryl methyl sites for hydroxylation is 2. The van der Waals surface area contributed by atoms with E-state index in [0.717, 1.165) is 30.1 Å². The Morgan fingerprint density at radius 3 is 2.69 bits per heavy atom. The Kier molecular flexibility index (Phi) is 4.47. The van der Waals surface area contributed by atoms with Crippen molar-refractivity contribution < 1.29 is 4.79 Å². The molecule has 0 saturated carbocycles. The van der Waals surface area contributed by atoms with Crippen LogP contribution < -0.4 is 5.32 Å². The number of amides is 1. The van der Waals surface area contributed by atoms with Gasteiger partial charge in [-0.05, 0) is 13.3 Å². The quantitative estimate of drug-likeness (QED) is 0.822. The SMILES string of the molecule is Cc1csc(CCCNC(=O)C(C)(C)C)n1. The first kappa shape index (κ1) is 13.2. The maximum Gasteiger partial charge on any atom is 0.225 e. The maximum atomic E-state index is 11.6. The molecule has 1 heterocycles. The van der Waals surface area contributed by atoms with Gasteiger partial charge in [0.1, 0.15) is 0 Å². The summed E-state index contributed by atoms with van der Waals surface area (Å²) in [5, 5.41) is 6.15. The zero-order chi connectivity index (χ0) is 12.2. The van der Waals surface area contributed by atoms with Crippen LogP contribution in [-0.4, -0.2) is 17.4 Å². The second-order valence-corrected chi connectivity index (χ2v) is 5.93. The maximum absolute atomic E-state index is 11.6. The number of nitrogens with one attached hydrogen (secondary N) is 1. The summed E-state index contributed by atoms with van der Waals surface area (Å²) in [5.74, 6) is 0.114. The first-order chi connectivity index (χ1) is 7.39. The minimum atomic E-state index is -0.294. The molecule has 1 aromatic rings. The predicted octanol–water partition coefficient (Wildman–Crippen LogP) is 2.55. The molecule has 0 atom stereocenters.